The highest BCUT2D eigenvalue weighted by Gasteiger charge is 2.36. The van der Waals surface area contributed by atoms with E-state index >= 15 is 0 Å². The zero-order valence-corrected chi connectivity index (χ0v) is 11.9. The fourth-order valence-electron chi connectivity index (χ4n) is 2.30. The van der Waals surface area contributed by atoms with Crippen LogP contribution in [0, 0.1) is 5.92 Å². The third-order valence-corrected chi connectivity index (χ3v) is 3.65. The fourth-order valence-corrected chi connectivity index (χ4v) is 2.30. The van der Waals surface area contributed by atoms with Gasteiger partial charge in [-0.2, -0.15) is 0 Å². The van der Waals surface area contributed by atoms with Crippen molar-refractivity contribution in [2.45, 2.75) is 45.1 Å². The molecule has 0 aromatic rings. The van der Waals surface area contributed by atoms with Crippen LogP contribution >= 0.6 is 0 Å². The number of amides is 2. The van der Waals surface area contributed by atoms with Crippen LogP contribution in [0.25, 0.3) is 0 Å². The summed E-state index contributed by atoms with van der Waals surface area (Å²) >= 11 is 0. The van der Waals surface area contributed by atoms with Gasteiger partial charge in [-0.15, -0.1) is 0 Å². The lowest BCUT2D eigenvalue weighted by Crippen LogP contribution is -2.53. The second kappa shape index (κ2) is 5.90. The van der Waals surface area contributed by atoms with Gasteiger partial charge in [0.05, 0.1) is 0 Å². The second-order valence-corrected chi connectivity index (χ2v) is 6.09. The summed E-state index contributed by atoms with van der Waals surface area (Å²) in [6.07, 6.45) is 3.82. The van der Waals surface area contributed by atoms with E-state index in [-0.39, 0.29) is 11.8 Å². The summed E-state index contributed by atoms with van der Waals surface area (Å²) in [4.78, 5) is 25.6. The van der Waals surface area contributed by atoms with Gasteiger partial charge in [0.15, 0.2) is 0 Å². The molecule has 0 aromatic carbocycles. The van der Waals surface area contributed by atoms with Crippen molar-refractivity contribution in [3.63, 3.8) is 0 Å². The zero-order chi connectivity index (χ0) is 13.9. The van der Waals surface area contributed by atoms with Crippen LogP contribution in [0.2, 0.25) is 0 Å². The number of hydrogen-bond acceptors (Lipinski definition) is 3. The van der Waals surface area contributed by atoms with Gasteiger partial charge in [0.1, 0.15) is 5.54 Å². The summed E-state index contributed by atoms with van der Waals surface area (Å²) < 4.78 is 5.57. The molecule has 5 heteroatoms. The SMILES string of the molecule is CC1(C)NC(=O)CCN(CCCOCC2CC2)C1=O. The van der Waals surface area contributed by atoms with Crippen molar-refractivity contribution in [1.82, 2.24) is 10.2 Å². The molecule has 0 aromatic heterocycles. The molecule has 0 bridgehead atoms. The molecule has 5 nitrogen and oxygen atoms in total. The molecule has 2 fully saturated rings. The molecule has 2 aliphatic rings. The second-order valence-electron chi connectivity index (χ2n) is 6.09. The van der Waals surface area contributed by atoms with Crippen LogP contribution in [0.1, 0.15) is 39.5 Å². The average Bonchev–Trinajstić information content (AvgIpc) is 3.14. The van der Waals surface area contributed by atoms with E-state index in [1.165, 1.54) is 12.8 Å². The monoisotopic (exact) mass is 268 g/mol. The maximum absolute atomic E-state index is 12.3. The lowest BCUT2D eigenvalue weighted by molar-refractivity contribution is -0.137. The Morgan fingerprint density at radius 1 is 1.37 bits per heavy atom. The molecule has 2 rings (SSSR count). The topological polar surface area (TPSA) is 58.6 Å². The van der Waals surface area contributed by atoms with Crippen molar-refractivity contribution in [2.24, 2.45) is 5.92 Å². The van der Waals surface area contributed by atoms with Crippen molar-refractivity contribution in [2.75, 3.05) is 26.3 Å². The third kappa shape index (κ3) is 4.20. The maximum atomic E-state index is 12.3. The van der Waals surface area contributed by atoms with Crippen LogP contribution in [0.3, 0.4) is 0 Å². The highest BCUT2D eigenvalue weighted by molar-refractivity contribution is 5.92. The first-order valence-corrected chi connectivity index (χ1v) is 7.17. The van der Waals surface area contributed by atoms with E-state index in [1.54, 1.807) is 18.7 Å². The number of rotatable bonds is 6. The first-order valence-electron chi connectivity index (χ1n) is 7.17. The smallest absolute Gasteiger partial charge is 0.247 e. The number of nitrogens with zero attached hydrogens (tertiary/aromatic N) is 1. The van der Waals surface area contributed by atoms with E-state index in [0.717, 1.165) is 18.9 Å². The van der Waals surface area contributed by atoms with Gasteiger partial charge in [0.2, 0.25) is 11.8 Å². The lowest BCUT2D eigenvalue weighted by Gasteiger charge is -2.28. The molecule has 1 N–H and O–H groups in total. The fraction of sp³-hybridized carbons (Fsp3) is 0.857. The van der Waals surface area contributed by atoms with Gasteiger partial charge in [0, 0.05) is 32.7 Å². The van der Waals surface area contributed by atoms with Crippen LogP contribution in [-0.4, -0.2) is 48.6 Å². The Morgan fingerprint density at radius 2 is 2.11 bits per heavy atom. The number of carbonyl (C=O) groups is 2. The third-order valence-electron chi connectivity index (χ3n) is 3.65. The Kier molecular flexibility index (Phi) is 4.45. The summed E-state index contributed by atoms with van der Waals surface area (Å²) in [6, 6.07) is 0. The van der Waals surface area contributed by atoms with Gasteiger partial charge in [-0.3, -0.25) is 9.59 Å². The lowest BCUT2D eigenvalue weighted by atomic mass is 10.0. The van der Waals surface area contributed by atoms with E-state index in [0.29, 0.717) is 26.1 Å². The van der Waals surface area contributed by atoms with Gasteiger partial charge in [-0.05, 0) is 39.0 Å². The van der Waals surface area contributed by atoms with Crippen molar-refractivity contribution >= 4 is 11.8 Å². The molecule has 2 amide bonds. The van der Waals surface area contributed by atoms with Gasteiger partial charge in [-0.1, -0.05) is 0 Å². The molecule has 1 aliphatic carbocycles. The van der Waals surface area contributed by atoms with Crippen LogP contribution in [0.4, 0.5) is 0 Å². The highest BCUT2D eigenvalue weighted by Crippen LogP contribution is 2.28. The Hall–Kier alpha value is -1.10. The van der Waals surface area contributed by atoms with E-state index in [1.807, 2.05) is 0 Å². The summed E-state index contributed by atoms with van der Waals surface area (Å²) in [6.45, 7) is 6.25. The van der Waals surface area contributed by atoms with Gasteiger partial charge in [-0.25, -0.2) is 0 Å². The van der Waals surface area contributed by atoms with Crippen molar-refractivity contribution in [1.29, 1.82) is 0 Å². The number of hydrogen-bond donors (Lipinski definition) is 1. The van der Waals surface area contributed by atoms with Crippen molar-refractivity contribution in [3.05, 3.63) is 0 Å². The van der Waals surface area contributed by atoms with Crippen LogP contribution in [-0.2, 0) is 14.3 Å². The van der Waals surface area contributed by atoms with E-state index in [4.69, 9.17) is 4.74 Å². The van der Waals surface area contributed by atoms with Gasteiger partial charge < -0.3 is 15.0 Å². The van der Waals surface area contributed by atoms with E-state index in [2.05, 4.69) is 5.32 Å². The molecule has 1 saturated carbocycles. The minimum absolute atomic E-state index is 0.000503. The average molecular weight is 268 g/mol. The van der Waals surface area contributed by atoms with E-state index < -0.39 is 5.54 Å². The summed E-state index contributed by atoms with van der Waals surface area (Å²) in [5.41, 5.74) is -0.789. The summed E-state index contributed by atoms with van der Waals surface area (Å²) in [5, 5.41) is 2.76. The van der Waals surface area contributed by atoms with Crippen molar-refractivity contribution in [3.8, 4) is 0 Å². The summed E-state index contributed by atoms with van der Waals surface area (Å²) in [7, 11) is 0. The maximum Gasteiger partial charge on any atom is 0.247 e. The van der Waals surface area contributed by atoms with E-state index in [9.17, 15) is 9.59 Å². The first kappa shape index (κ1) is 14.3. The Balaban J connectivity index is 1.73. The molecule has 1 heterocycles. The minimum atomic E-state index is -0.789. The molecule has 0 unspecified atom stereocenters. The molecule has 108 valence electrons. The molecular formula is C14H24N2O3. The van der Waals surface area contributed by atoms with Crippen LogP contribution < -0.4 is 5.32 Å². The minimum Gasteiger partial charge on any atom is -0.381 e. The highest BCUT2D eigenvalue weighted by atomic mass is 16.5. The number of carbonyl (C=O) groups excluding carboxylic acids is 2. The van der Waals surface area contributed by atoms with Crippen molar-refractivity contribution < 1.29 is 14.3 Å². The summed E-state index contributed by atoms with van der Waals surface area (Å²) in [5.74, 6) is 0.729. The number of nitrogens with one attached hydrogen (secondary N) is 1. The Morgan fingerprint density at radius 3 is 2.79 bits per heavy atom. The molecule has 1 aliphatic heterocycles. The van der Waals surface area contributed by atoms with Gasteiger partial charge in [0.25, 0.3) is 0 Å². The molecule has 0 spiro atoms. The predicted octanol–water partition coefficient (Wildman–Crippen LogP) is 0.930. The molecular weight excluding hydrogens is 244 g/mol. The number of ether oxygens (including phenoxy) is 1. The van der Waals surface area contributed by atoms with Gasteiger partial charge >= 0.3 is 0 Å². The predicted molar refractivity (Wildman–Crippen MR) is 71.6 cm³/mol. The molecule has 0 atom stereocenters. The largest absolute Gasteiger partial charge is 0.381 e. The molecule has 1 saturated heterocycles. The van der Waals surface area contributed by atoms with Crippen LogP contribution in [0.5, 0.6) is 0 Å². The molecule has 0 radical (unpaired) electrons. The standard InChI is InChI=1S/C14H24N2O3/c1-14(2)13(18)16(8-6-12(17)15-14)7-3-9-19-10-11-4-5-11/h11H,3-10H2,1-2H3,(H,15,17). The molecule has 19 heavy (non-hydrogen) atoms. The first-order chi connectivity index (χ1) is 8.99. The zero-order valence-electron chi connectivity index (χ0n) is 11.9. The normalized spacial score (nSPS) is 23.2. The Bertz CT molecular complexity index is 351. The van der Waals surface area contributed by atoms with Crippen LogP contribution in [0.15, 0.2) is 0 Å². The Labute approximate surface area is 114 Å². The quantitative estimate of drug-likeness (QED) is 0.729.